The highest BCUT2D eigenvalue weighted by molar-refractivity contribution is 5.67. The van der Waals surface area contributed by atoms with Gasteiger partial charge in [-0.2, -0.15) is 13.2 Å². The molecule has 1 N–H and O–H groups in total. The van der Waals surface area contributed by atoms with E-state index in [-0.39, 0.29) is 11.3 Å². The number of rotatable bonds is 3. The summed E-state index contributed by atoms with van der Waals surface area (Å²) in [7, 11) is 1.54. The molecule has 0 bridgehead atoms. The summed E-state index contributed by atoms with van der Waals surface area (Å²) in [6, 6.07) is 3.29. The van der Waals surface area contributed by atoms with E-state index in [0.29, 0.717) is 0 Å². The van der Waals surface area contributed by atoms with E-state index in [1.807, 2.05) is 0 Å². The fraction of sp³-hybridized carbons (Fsp3) is 0.200. The van der Waals surface area contributed by atoms with Crippen molar-refractivity contribution >= 4 is 11.8 Å². The van der Waals surface area contributed by atoms with E-state index < -0.39 is 11.7 Å². The van der Waals surface area contributed by atoms with E-state index in [9.17, 15) is 18.1 Å². The highest BCUT2D eigenvalue weighted by atomic mass is 19.4. The van der Waals surface area contributed by atoms with E-state index >= 15 is 0 Å². The molecule has 1 rings (SSSR count). The first kappa shape index (κ1) is 12.2. The van der Waals surface area contributed by atoms with Gasteiger partial charge < -0.3 is 5.32 Å². The molecule has 16 heavy (non-hydrogen) atoms. The quantitative estimate of drug-likeness (QED) is 0.809. The number of hydrogen-bond donors (Lipinski definition) is 1. The van der Waals surface area contributed by atoms with Crippen LogP contribution in [0.15, 0.2) is 29.6 Å². The molecule has 0 radical (unpaired) electrons. The molecule has 0 aliphatic heterocycles. The summed E-state index contributed by atoms with van der Waals surface area (Å²) in [5.74, 6) is 0. The van der Waals surface area contributed by atoms with Crippen LogP contribution in [-0.2, 0) is 6.18 Å². The maximum absolute atomic E-state index is 12.6. The van der Waals surface area contributed by atoms with Gasteiger partial charge in [0.15, 0.2) is 0 Å². The molecule has 0 amide bonds. The molecule has 1 aromatic rings. The van der Waals surface area contributed by atoms with Crippen LogP contribution in [-0.4, -0.2) is 7.05 Å². The van der Waals surface area contributed by atoms with Crippen LogP contribution < -0.4 is 5.32 Å². The summed E-state index contributed by atoms with van der Waals surface area (Å²) >= 11 is 0. The van der Waals surface area contributed by atoms with E-state index in [4.69, 9.17) is 0 Å². The highest BCUT2D eigenvalue weighted by Crippen LogP contribution is 2.36. The van der Waals surface area contributed by atoms with Crippen molar-refractivity contribution in [3.63, 3.8) is 0 Å². The van der Waals surface area contributed by atoms with Gasteiger partial charge >= 0.3 is 6.18 Å². The third-order valence-electron chi connectivity index (χ3n) is 1.90. The lowest BCUT2D eigenvalue weighted by molar-refractivity contribution is -0.137. The van der Waals surface area contributed by atoms with Gasteiger partial charge in [-0.25, -0.2) is 0 Å². The van der Waals surface area contributed by atoms with Crippen LogP contribution >= 0.6 is 0 Å². The van der Waals surface area contributed by atoms with Gasteiger partial charge in [0.1, 0.15) is 5.69 Å². The van der Waals surface area contributed by atoms with Crippen LogP contribution in [0.4, 0.5) is 18.9 Å². The van der Waals surface area contributed by atoms with Crippen molar-refractivity contribution < 1.29 is 13.2 Å². The van der Waals surface area contributed by atoms with Crippen LogP contribution in [0.3, 0.4) is 0 Å². The number of alkyl halides is 3. The molecule has 0 heterocycles. The molecular formula is C10H9F3N2O. The average Bonchev–Trinajstić information content (AvgIpc) is 2.24. The lowest BCUT2D eigenvalue weighted by Crippen LogP contribution is -2.07. The van der Waals surface area contributed by atoms with Gasteiger partial charge in [-0.1, -0.05) is 6.07 Å². The molecule has 0 unspecified atom stereocenters. The van der Waals surface area contributed by atoms with Crippen molar-refractivity contribution in [2.45, 2.75) is 6.18 Å². The monoisotopic (exact) mass is 230 g/mol. The predicted octanol–water partition coefficient (Wildman–Crippen LogP) is 3.29. The molecule has 1 aromatic carbocycles. The smallest absolute Gasteiger partial charge is 0.394 e. The number of benzene rings is 1. The van der Waals surface area contributed by atoms with Gasteiger partial charge in [-0.15, -0.1) is 4.91 Å². The summed E-state index contributed by atoms with van der Waals surface area (Å²) in [6.45, 7) is 0. The minimum atomic E-state index is -4.51. The van der Waals surface area contributed by atoms with Crippen LogP contribution in [0, 0.1) is 4.91 Å². The summed E-state index contributed by atoms with van der Waals surface area (Å²) in [5.41, 5.74) is -1.35. The Kier molecular flexibility index (Phi) is 3.65. The Labute approximate surface area is 89.9 Å². The Morgan fingerprint density at radius 1 is 1.38 bits per heavy atom. The summed E-state index contributed by atoms with van der Waals surface area (Å²) in [5, 5.41) is 5.12. The van der Waals surface area contributed by atoms with E-state index in [1.54, 1.807) is 7.05 Å². The second-order valence-corrected chi connectivity index (χ2v) is 2.95. The molecule has 6 heteroatoms. The molecular weight excluding hydrogens is 221 g/mol. The first-order chi connectivity index (χ1) is 7.50. The van der Waals surface area contributed by atoms with Crippen molar-refractivity contribution in [2.24, 2.45) is 5.18 Å². The third kappa shape index (κ3) is 2.59. The molecule has 0 atom stereocenters. The predicted molar refractivity (Wildman–Crippen MR) is 55.0 cm³/mol. The number of halogens is 3. The fourth-order valence-electron chi connectivity index (χ4n) is 1.22. The molecule has 0 aliphatic rings. The molecule has 0 aliphatic carbocycles. The van der Waals surface area contributed by atoms with Crippen LogP contribution in [0.25, 0.3) is 6.08 Å². The summed E-state index contributed by atoms with van der Waals surface area (Å²) in [4.78, 5) is 10.4. The third-order valence-corrected chi connectivity index (χ3v) is 1.90. The summed E-state index contributed by atoms with van der Waals surface area (Å²) < 4.78 is 37.8. The second-order valence-electron chi connectivity index (χ2n) is 2.95. The second kappa shape index (κ2) is 4.78. The Hall–Kier alpha value is -1.85. The standard InChI is InChI=1S/C10H9F3N2O/c1-14-6-5-7-8(10(11,12)13)3-2-4-9(7)15-16/h2-6,14H,1H3/b6-5+. The van der Waals surface area contributed by atoms with Gasteiger partial charge in [-0.3, -0.25) is 0 Å². The zero-order chi connectivity index (χ0) is 12.2. The fourth-order valence-corrected chi connectivity index (χ4v) is 1.22. The van der Waals surface area contributed by atoms with Gasteiger partial charge in [0.2, 0.25) is 0 Å². The number of nitrogens with one attached hydrogen (secondary N) is 1. The Morgan fingerprint density at radius 3 is 2.56 bits per heavy atom. The molecule has 3 nitrogen and oxygen atoms in total. The molecule has 0 aromatic heterocycles. The maximum atomic E-state index is 12.6. The zero-order valence-corrected chi connectivity index (χ0v) is 8.38. The lowest BCUT2D eigenvalue weighted by Gasteiger charge is -2.10. The van der Waals surface area contributed by atoms with Gasteiger partial charge in [0.25, 0.3) is 0 Å². The van der Waals surface area contributed by atoms with Crippen LogP contribution in [0.1, 0.15) is 11.1 Å². The van der Waals surface area contributed by atoms with E-state index in [0.717, 1.165) is 12.1 Å². The zero-order valence-electron chi connectivity index (χ0n) is 8.38. The van der Waals surface area contributed by atoms with E-state index in [2.05, 4.69) is 10.5 Å². The van der Waals surface area contributed by atoms with Crippen molar-refractivity contribution in [2.75, 3.05) is 7.05 Å². The first-order valence-corrected chi connectivity index (χ1v) is 4.38. The maximum Gasteiger partial charge on any atom is 0.417 e. The van der Waals surface area contributed by atoms with Crippen molar-refractivity contribution in [3.8, 4) is 0 Å². The molecule has 86 valence electrons. The number of hydrogen-bond acceptors (Lipinski definition) is 3. The number of nitroso groups, excluding NO2 is 1. The van der Waals surface area contributed by atoms with Crippen LogP contribution in [0.5, 0.6) is 0 Å². The Balaban J connectivity index is 3.37. The highest BCUT2D eigenvalue weighted by Gasteiger charge is 2.33. The minimum Gasteiger partial charge on any atom is -0.394 e. The summed E-state index contributed by atoms with van der Waals surface area (Å²) in [6.07, 6.45) is -2.03. The van der Waals surface area contributed by atoms with Crippen molar-refractivity contribution in [3.05, 3.63) is 40.4 Å². The topological polar surface area (TPSA) is 41.5 Å². The van der Waals surface area contributed by atoms with E-state index in [1.165, 1.54) is 18.3 Å². The average molecular weight is 230 g/mol. The normalized spacial score (nSPS) is 11.8. The van der Waals surface area contributed by atoms with Crippen LogP contribution in [0.2, 0.25) is 0 Å². The Morgan fingerprint density at radius 2 is 2.06 bits per heavy atom. The van der Waals surface area contributed by atoms with Crippen molar-refractivity contribution in [1.29, 1.82) is 0 Å². The van der Waals surface area contributed by atoms with Gasteiger partial charge in [0.05, 0.1) is 5.56 Å². The molecule has 0 saturated carbocycles. The van der Waals surface area contributed by atoms with Gasteiger partial charge in [-0.05, 0) is 29.6 Å². The lowest BCUT2D eigenvalue weighted by atomic mass is 10.0. The Bertz CT molecular complexity index is 413. The minimum absolute atomic E-state index is 0.235. The molecule has 0 fully saturated rings. The molecule has 0 saturated heterocycles. The molecule has 0 spiro atoms. The number of nitrogens with zero attached hydrogens (tertiary/aromatic N) is 1. The van der Waals surface area contributed by atoms with Gasteiger partial charge in [0, 0.05) is 12.6 Å². The largest absolute Gasteiger partial charge is 0.417 e. The van der Waals surface area contributed by atoms with Crippen molar-refractivity contribution in [1.82, 2.24) is 5.32 Å². The SMILES string of the molecule is CN/C=C/c1c(N=O)cccc1C(F)(F)F. The first-order valence-electron chi connectivity index (χ1n) is 4.38.